The number of rotatable bonds is 14. The zero-order valence-electron chi connectivity index (χ0n) is 18.4. The predicted molar refractivity (Wildman–Crippen MR) is 121 cm³/mol. The minimum atomic E-state index is -4.17. The van der Waals surface area contributed by atoms with E-state index in [4.69, 9.17) is 14.0 Å². The summed E-state index contributed by atoms with van der Waals surface area (Å²) in [6, 6.07) is 19.7. The fraction of sp³-hybridized carbons (Fsp3) is 0.417. The van der Waals surface area contributed by atoms with Gasteiger partial charge in [-0.3, -0.25) is 9.05 Å². The van der Waals surface area contributed by atoms with Crippen molar-refractivity contribution in [2.24, 2.45) is 11.8 Å². The molecule has 6 nitrogen and oxygen atoms in total. The number of phosphoric acid groups is 1. The summed E-state index contributed by atoms with van der Waals surface area (Å²) in [5.41, 5.74) is 2.12. The van der Waals surface area contributed by atoms with Crippen molar-refractivity contribution in [3.05, 3.63) is 83.9 Å². The summed E-state index contributed by atoms with van der Waals surface area (Å²) in [5.74, 6) is -0.0146. The molecule has 170 valence electrons. The molecule has 3 atom stereocenters. The zero-order chi connectivity index (χ0) is 22.5. The van der Waals surface area contributed by atoms with E-state index in [1.54, 1.807) is 0 Å². The molecule has 0 fully saturated rings. The Labute approximate surface area is 185 Å². The van der Waals surface area contributed by atoms with Gasteiger partial charge in [0.2, 0.25) is 0 Å². The molecule has 0 radical (unpaired) electrons. The summed E-state index contributed by atoms with van der Waals surface area (Å²) in [5, 5.41) is 0. The smallest absolute Gasteiger partial charge is 0.374 e. The molecule has 0 aliphatic rings. The first-order valence-electron chi connectivity index (χ1n) is 10.4. The molecule has 0 saturated heterocycles. The number of hydrogen-bond donors (Lipinski definition) is 1. The van der Waals surface area contributed by atoms with Gasteiger partial charge in [0.25, 0.3) is 0 Å². The van der Waals surface area contributed by atoms with Crippen molar-refractivity contribution in [2.75, 3.05) is 20.3 Å². The molecule has 2 rings (SSSR count). The normalized spacial score (nSPS) is 15.8. The van der Waals surface area contributed by atoms with E-state index in [9.17, 15) is 9.46 Å². The Bertz CT molecular complexity index is 809. The topological polar surface area (TPSA) is 74.2 Å². The standard InChI is InChI=1S/C24H33O6P/c1-20(2)23(15-10-16-28-17-21-11-6-4-7-12-21)24(30-31(25,26)27-3)19-29-18-22-13-8-5-9-14-22/h4-15,20,23-24H,16-19H2,1-3H3,(H,25,26)/b15-10+/t23-,24+/m0/s1. The molecular weight excluding hydrogens is 415 g/mol. The minimum Gasteiger partial charge on any atom is -0.374 e. The quantitative estimate of drug-likeness (QED) is 0.238. The molecule has 0 saturated carbocycles. The van der Waals surface area contributed by atoms with Gasteiger partial charge in [0.05, 0.1) is 32.5 Å². The highest BCUT2D eigenvalue weighted by molar-refractivity contribution is 7.47. The molecule has 0 aromatic heterocycles. The van der Waals surface area contributed by atoms with Gasteiger partial charge in [0.1, 0.15) is 0 Å². The van der Waals surface area contributed by atoms with E-state index in [0.717, 1.165) is 18.2 Å². The molecule has 1 unspecified atom stereocenters. The van der Waals surface area contributed by atoms with Crippen molar-refractivity contribution in [1.29, 1.82) is 0 Å². The number of phosphoric ester groups is 1. The van der Waals surface area contributed by atoms with Gasteiger partial charge in [-0.1, -0.05) is 86.7 Å². The molecule has 2 aromatic rings. The molecule has 0 aliphatic heterocycles. The molecule has 7 heteroatoms. The second-order valence-corrected chi connectivity index (χ2v) is 9.06. The van der Waals surface area contributed by atoms with Gasteiger partial charge in [-0.25, -0.2) is 4.57 Å². The molecule has 0 spiro atoms. The van der Waals surface area contributed by atoms with Crippen molar-refractivity contribution in [3.8, 4) is 0 Å². The Hall–Kier alpha value is -1.79. The molecule has 31 heavy (non-hydrogen) atoms. The number of ether oxygens (including phenoxy) is 2. The largest absolute Gasteiger partial charge is 0.472 e. The van der Waals surface area contributed by atoms with E-state index in [-0.39, 0.29) is 18.4 Å². The molecule has 0 bridgehead atoms. The summed E-state index contributed by atoms with van der Waals surface area (Å²) in [6.45, 7) is 5.55. The van der Waals surface area contributed by atoms with Gasteiger partial charge in [0, 0.05) is 13.0 Å². The van der Waals surface area contributed by atoms with Crippen LogP contribution < -0.4 is 0 Å². The third-order valence-electron chi connectivity index (χ3n) is 4.78. The van der Waals surface area contributed by atoms with Gasteiger partial charge >= 0.3 is 7.82 Å². The second kappa shape index (κ2) is 13.6. The lowest BCUT2D eigenvalue weighted by Crippen LogP contribution is -2.31. The highest BCUT2D eigenvalue weighted by Crippen LogP contribution is 2.45. The fourth-order valence-corrected chi connectivity index (χ4v) is 3.73. The van der Waals surface area contributed by atoms with Crippen LogP contribution in [0.4, 0.5) is 0 Å². The molecule has 0 heterocycles. The average Bonchev–Trinajstić information content (AvgIpc) is 2.77. The van der Waals surface area contributed by atoms with Crippen LogP contribution in [0.5, 0.6) is 0 Å². The summed E-state index contributed by atoms with van der Waals surface area (Å²) >= 11 is 0. The van der Waals surface area contributed by atoms with Crippen LogP contribution in [0, 0.1) is 11.8 Å². The first kappa shape index (κ1) is 25.5. The summed E-state index contributed by atoms with van der Waals surface area (Å²) in [6.07, 6.45) is 3.22. The maximum atomic E-state index is 12.1. The van der Waals surface area contributed by atoms with Crippen LogP contribution in [0.1, 0.15) is 25.0 Å². The highest BCUT2D eigenvalue weighted by Gasteiger charge is 2.31. The van der Waals surface area contributed by atoms with E-state index in [2.05, 4.69) is 4.52 Å². The van der Waals surface area contributed by atoms with Crippen LogP contribution >= 0.6 is 7.82 Å². The fourth-order valence-electron chi connectivity index (χ4n) is 3.10. The highest BCUT2D eigenvalue weighted by atomic mass is 31.2. The molecule has 1 N–H and O–H groups in total. The molecule has 2 aromatic carbocycles. The van der Waals surface area contributed by atoms with Gasteiger partial charge < -0.3 is 14.4 Å². The Morgan fingerprint density at radius 2 is 1.48 bits per heavy atom. The van der Waals surface area contributed by atoms with Crippen LogP contribution in [0.15, 0.2) is 72.8 Å². The second-order valence-electron chi connectivity index (χ2n) is 7.55. The van der Waals surface area contributed by atoms with Crippen LogP contribution in [0.25, 0.3) is 0 Å². The first-order valence-corrected chi connectivity index (χ1v) is 11.9. The van der Waals surface area contributed by atoms with Crippen molar-refractivity contribution >= 4 is 7.82 Å². The maximum absolute atomic E-state index is 12.1. The van der Waals surface area contributed by atoms with Crippen molar-refractivity contribution in [2.45, 2.75) is 33.2 Å². The Morgan fingerprint density at radius 3 is 2.00 bits per heavy atom. The van der Waals surface area contributed by atoms with Crippen LogP contribution in [-0.2, 0) is 36.3 Å². The van der Waals surface area contributed by atoms with Gasteiger partial charge in [-0.2, -0.15) is 0 Å². The first-order chi connectivity index (χ1) is 14.9. The van der Waals surface area contributed by atoms with Crippen molar-refractivity contribution in [1.82, 2.24) is 0 Å². The summed E-state index contributed by atoms with van der Waals surface area (Å²) in [7, 11) is -3.01. The Kier molecular flexibility index (Phi) is 11.2. The van der Waals surface area contributed by atoms with Crippen LogP contribution in [-0.4, -0.2) is 31.3 Å². The zero-order valence-corrected chi connectivity index (χ0v) is 19.3. The third kappa shape index (κ3) is 9.92. The third-order valence-corrected chi connectivity index (χ3v) is 5.77. The predicted octanol–water partition coefficient (Wildman–Crippen LogP) is 5.38. The lowest BCUT2D eigenvalue weighted by atomic mass is 9.90. The van der Waals surface area contributed by atoms with Crippen LogP contribution in [0.2, 0.25) is 0 Å². The number of benzene rings is 2. The maximum Gasteiger partial charge on any atom is 0.472 e. The van der Waals surface area contributed by atoms with Crippen molar-refractivity contribution in [3.63, 3.8) is 0 Å². The lowest BCUT2D eigenvalue weighted by Gasteiger charge is -2.28. The van der Waals surface area contributed by atoms with Crippen LogP contribution in [0.3, 0.4) is 0 Å². The average molecular weight is 448 g/mol. The molecular formula is C24H33O6P. The van der Waals surface area contributed by atoms with E-state index in [0.29, 0.717) is 19.8 Å². The van der Waals surface area contributed by atoms with E-state index in [1.165, 1.54) is 0 Å². The number of hydrogen-bond acceptors (Lipinski definition) is 5. The van der Waals surface area contributed by atoms with Gasteiger partial charge in [-0.15, -0.1) is 0 Å². The monoisotopic (exact) mass is 448 g/mol. The van der Waals surface area contributed by atoms with Gasteiger partial charge in [-0.05, 0) is 17.0 Å². The van der Waals surface area contributed by atoms with Gasteiger partial charge in [0.15, 0.2) is 0 Å². The summed E-state index contributed by atoms with van der Waals surface area (Å²) in [4.78, 5) is 9.88. The van der Waals surface area contributed by atoms with E-state index < -0.39 is 13.9 Å². The van der Waals surface area contributed by atoms with E-state index >= 15 is 0 Å². The van der Waals surface area contributed by atoms with Crippen molar-refractivity contribution < 1.29 is 28.0 Å². The van der Waals surface area contributed by atoms with E-state index in [1.807, 2.05) is 86.7 Å². The Balaban J connectivity index is 1.97. The SMILES string of the molecule is COP(=O)(O)O[C@H](COCc1ccccc1)[C@@H](/C=C/COCc1ccccc1)C(C)C. The lowest BCUT2D eigenvalue weighted by molar-refractivity contribution is -0.00435. The minimum absolute atomic E-state index is 0.146. The molecule has 0 amide bonds. The molecule has 0 aliphatic carbocycles. The summed E-state index contributed by atoms with van der Waals surface area (Å²) < 4.78 is 33.7. The Morgan fingerprint density at radius 1 is 0.935 bits per heavy atom.